The van der Waals surface area contributed by atoms with Crippen LogP contribution in [-0.4, -0.2) is 19.1 Å². The third-order valence-electron chi connectivity index (χ3n) is 3.45. The summed E-state index contributed by atoms with van der Waals surface area (Å²) in [6, 6.07) is 9.73. The Labute approximate surface area is 147 Å². The van der Waals surface area contributed by atoms with Gasteiger partial charge in [-0.1, -0.05) is 12.1 Å². The van der Waals surface area contributed by atoms with Crippen LogP contribution < -0.4 is 14.8 Å². The van der Waals surface area contributed by atoms with E-state index in [0.717, 1.165) is 11.1 Å². The van der Waals surface area contributed by atoms with E-state index >= 15 is 0 Å². The van der Waals surface area contributed by atoms with Crippen molar-refractivity contribution in [2.75, 3.05) is 18.5 Å². The van der Waals surface area contributed by atoms with E-state index in [1.807, 2.05) is 32.0 Å². The molecule has 0 fully saturated rings. The van der Waals surface area contributed by atoms with Gasteiger partial charge in [0.2, 0.25) is 5.91 Å². The van der Waals surface area contributed by atoms with Gasteiger partial charge < -0.3 is 14.8 Å². The number of aryl methyl sites for hydroxylation is 1. The fraction of sp³-hybridized carbons (Fsp3) is 0.250. The van der Waals surface area contributed by atoms with Gasteiger partial charge in [0, 0.05) is 11.8 Å². The molecular weight excluding hydrogens is 321 g/mol. The molecule has 0 bridgehead atoms. The maximum absolute atomic E-state index is 13.3. The second-order valence-corrected chi connectivity index (χ2v) is 5.35. The third-order valence-corrected chi connectivity index (χ3v) is 3.45. The highest BCUT2D eigenvalue weighted by Crippen LogP contribution is 2.29. The Morgan fingerprint density at radius 3 is 2.52 bits per heavy atom. The number of rotatable bonds is 7. The Morgan fingerprint density at radius 2 is 1.80 bits per heavy atom. The summed E-state index contributed by atoms with van der Waals surface area (Å²) < 4.78 is 24.3. The van der Waals surface area contributed by atoms with E-state index < -0.39 is 5.82 Å². The maximum Gasteiger partial charge on any atom is 0.248 e. The monoisotopic (exact) mass is 343 g/mol. The van der Waals surface area contributed by atoms with Crippen LogP contribution in [0.15, 0.2) is 42.5 Å². The zero-order chi connectivity index (χ0) is 18.2. The van der Waals surface area contributed by atoms with Crippen LogP contribution in [0.1, 0.15) is 25.0 Å². The van der Waals surface area contributed by atoms with Gasteiger partial charge in [0.05, 0.1) is 13.2 Å². The molecule has 1 N–H and O–H groups in total. The van der Waals surface area contributed by atoms with Gasteiger partial charge in [0.25, 0.3) is 0 Å². The van der Waals surface area contributed by atoms with Gasteiger partial charge in [-0.3, -0.25) is 4.79 Å². The van der Waals surface area contributed by atoms with Crippen LogP contribution >= 0.6 is 0 Å². The van der Waals surface area contributed by atoms with E-state index in [4.69, 9.17) is 9.47 Å². The summed E-state index contributed by atoms with van der Waals surface area (Å²) >= 11 is 0. The van der Waals surface area contributed by atoms with Crippen molar-refractivity contribution in [1.82, 2.24) is 0 Å². The normalized spacial score (nSPS) is 10.7. The summed E-state index contributed by atoms with van der Waals surface area (Å²) in [7, 11) is 0. The summed E-state index contributed by atoms with van der Waals surface area (Å²) in [5, 5.41) is 2.67. The SMILES string of the molecule is CCOc1ccc(/C=C/C(=O)Nc2cc(F)ccc2C)cc1OCC. The lowest BCUT2D eigenvalue weighted by molar-refractivity contribution is -0.111. The lowest BCUT2D eigenvalue weighted by Crippen LogP contribution is -2.09. The van der Waals surface area contributed by atoms with Crippen LogP contribution in [-0.2, 0) is 4.79 Å². The van der Waals surface area contributed by atoms with Crippen LogP contribution in [0, 0.1) is 12.7 Å². The molecule has 1 amide bonds. The predicted molar refractivity (Wildman–Crippen MR) is 97.6 cm³/mol. The lowest BCUT2D eigenvalue weighted by Gasteiger charge is -2.11. The fourth-order valence-corrected chi connectivity index (χ4v) is 2.25. The molecule has 4 nitrogen and oxygen atoms in total. The molecule has 0 radical (unpaired) electrons. The standard InChI is InChI=1S/C20H22FNO3/c1-4-24-18-10-7-15(12-19(18)25-5-2)8-11-20(23)22-17-13-16(21)9-6-14(17)3/h6-13H,4-5H2,1-3H3,(H,22,23)/b11-8+. The Bertz CT molecular complexity index is 772. The van der Waals surface area contributed by atoms with Crippen molar-refractivity contribution in [2.24, 2.45) is 0 Å². The summed E-state index contributed by atoms with van der Waals surface area (Å²) in [5.74, 6) is 0.576. The first-order valence-electron chi connectivity index (χ1n) is 8.18. The van der Waals surface area contributed by atoms with Crippen LogP contribution in [0.25, 0.3) is 6.08 Å². The molecule has 2 rings (SSSR count). The number of carbonyl (C=O) groups excluding carboxylic acids is 1. The number of hydrogen-bond acceptors (Lipinski definition) is 3. The minimum Gasteiger partial charge on any atom is -0.490 e. The van der Waals surface area contributed by atoms with E-state index in [-0.39, 0.29) is 5.91 Å². The molecule has 0 atom stereocenters. The minimum absolute atomic E-state index is 0.333. The molecule has 0 aliphatic rings. The number of amides is 1. The van der Waals surface area contributed by atoms with Crippen molar-refractivity contribution in [3.63, 3.8) is 0 Å². The summed E-state index contributed by atoms with van der Waals surface area (Å²) in [6.07, 6.45) is 3.07. The summed E-state index contributed by atoms with van der Waals surface area (Å²) in [6.45, 7) is 6.67. The van der Waals surface area contributed by atoms with Crippen molar-refractivity contribution in [2.45, 2.75) is 20.8 Å². The molecule has 2 aromatic carbocycles. The van der Waals surface area contributed by atoms with Gasteiger partial charge in [-0.15, -0.1) is 0 Å². The van der Waals surface area contributed by atoms with Crippen LogP contribution in [0.3, 0.4) is 0 Å². The molecule has 0 saturated carbocycles. The quantitative estimate of drug-likeness (QED) is 0.748. The first kappa shape index (κ1) is 18.5. The van der Waals surface area contributed by atoms with Gasteiger partial charge in [-0.25, -0.2) is 4.39 Å². The van der Waals surface area contributed by atoms with Crippen LogP contribution in [0.5, 0.6) is 11.5 Å². The Morgan fingerprint density at radius 1 is 1.08 bits per heavy atom. The van der Waals surface area contributed by atoms with Crippen molar-refractivity contribution in [1.29, 1.82) is 0 Å². The molecule has 0 saturated heterocycles. The van der Waals surface area contributed by atoms with Gasteiger partial charge in [0.1, 0.15) is 5.82 Å². The molecule has 132 valence electrons. The van der Waals surface area contributed by atoms with Crippen molar-refractivity contribution < 1.29 is 18.7 Å². The van der Waals surface area contributed by atoms with Crippen molar-refractivity contribution in [3.8, 4) is 11.5 Å². The highest BCUT2D eigenvalue weighted by molar-refractivity contribution is 6.02. The molecule has 0 aliphatic heterocycles. The molecule has 0 aliphatic carbocycles. The molecule has 25 heavy (non-hydrogen) atoms. The van der Waals surface area contributed by atoms with Crippen molar-refractivity contribution >= 4 is 17.7 Å². The molecule has 0 aromatic heterocycles. The molecule has 0 heterocycles. The number of anilines is 1. The van der Waals surface area contributed by atoms with E-state index in [1.165, 1.54) is 18.2 Å². The molecule has 0 unspecified atom stereocenters. The molecular formula is C20H22FNO3. The minimum atomic E-state index is -0.391. The number of halogens is 1. The summed E-state index contributed by atoms with van der Waals surface area (Å²) in [5.41, 5.74) is 2.05. The van der Waals surface area contributed by atoms with E-state index in [2.05, 4.69) is 5.32 Å². The Kier molecular flexibility index (Phi) is 6.57. The highest BCUT2D eigenvalue weighted by atomic mass is 19.1. The fourth-order valence-electron chi connectivity index (χ4n) is 2.25. The molecule has 5 heteroatoms. The number of ether oxygens (including phenoxy) is 2. The average Bonchev–Trinajstić information content (AvgIpc) is 2.59. The summed E-state index contributed by atoms with van der Waals surface area (Å²) in [4.78, 5) is 12.1. The second-order valence-electron chi connectivity index (χ2n) is 5.35. The lowest BCUT2D eigenvalue weighted by atomic mass is 10.1. The zero-order valence-electron chi connectivity index (χ0n) is 14.6. The highest BCUT2D eigenvalue weighted by Gasteiger charge is 2.06. The van der Waals surface area contributed by atoms with Gasteiger partial charge >= 0.3 is 0 Å². The maximum atomic E-state index is 13.3. The van der Waals surface area contributed by atoms with E-state index in [1.54, 1.807) is 19.1 Å². The van der Waals surface area contributed by atoms with E-state index in [9.17, 15) is 9.18 Å². The second kappa shape index (κ2) is 8.87. The molecule has 0 spiro atoms. The Balaban J connectivity index is 2.11. The smallest absolute Gasteiger partial charge is 0.248 e. The van der Waals surface area contributed by atoms with Gasteiger partial charge in [-0.05, 0) is 62.2 Å². The number of benzene rings is 2. The van der Waals surface area contributed by atoms with Crippen molar-refractivity contribution in [3.05, 3.63) is 59.4 Å². The molecule has 2 aromatic rings. The van der Waals surface area contributed by atoms with E-state index in [0.29, 0.717) is 30.4 Å². The topological polar surface area (TPSA) is 47.6 Å². The largest absolute Gasteiger partial charge is 0.490 e. The predicted octanol–water partition coefficient (Wildman–Crippen LogP) is 4.58. The van der Waals surface area contributed by atoms with Crippen LogP contribution in [0.4, 0.5) is 10.1 Å². The number of hydrogen-bond donors (Lipinski definition) is 1. The van der Waals surface area contributed by atoms with Crippen LogP contribution in [0.2, 0.25) is 0 Å². The average molecular weight is 343 g/mol. The van der Waals surface area contributed by atoms with Gasteiger partial charge in [0.15, 0.2) is 11.5 Å². The van der Waals surface area contributed by atoms with Gasteiger partial charge in [-0.2, -0.15) is 0 Å². The Hall–Kier alpha value is -2.82. The zero-order valence-corrected chi connectivity index (χ0v) is 14.6. The first-order valence-corrected chi connectivity index (χ1v) is 8.18. The third kappa shape index (κ3) is 5.35. The number of carbonyl (C=O) groups is 1. The number of nitrogens with one attached hydrogen (secondary N) is 1. The first-order chi connectivity index (χ1) is 12.0.